The maximum Gasteiger partial charge on any atom is 0.0366 e. The third-order valence-corrected chi connectivity index (χ3v) is 3.35. The van der Waals surface area contributed by atoms with Crippen LogP contribution in [0.4, 0.5) is 5.69 Å². The maximum absolute atomic E-state index is 2.47. The molecule has 0 aliphatic carbocycles. The monoisotopic (exact) mass is 193 g/mol. The van der Waals surface area contributed by atoms with E-state index in [4.69, 9.17) is 0 Å². The van der Waals surface area contributed by atoms with Crippen LogP contribution < -0.4 is 4.90 Å². The predicted molar refractivity (Wildman–Crippen MR) is 60.7 cm³/mol. The van der Waals surface area contributed by atoms with Crippen molar-refractivity contribution in [3.05, 3.63) is 29.8 Å². The molecule has 0 saturated carbocycles. The topological polar surface area (TPSA) is 3.24 Å². The fraction of sp³-hybridized carbons (Fsp3) is 0.455. The molecule has 1 heterocycles. The summed E-state index contributed by atoms with van der Waals surface area (Å²) in [6.45, 7) is 4.54. The summed E-state index contributed by atoms with van der Waals surface area (Å²) in [4.78, 5) is 2.47. The summed E-state index contributed by atoms with van der Waals surface area (Å²) in [5, 5.41) is 0. The molecule has 0 unspecified atom stereocenters. The van der Waals surface area contributed by atoms with Crippen LogP contribution in [0.15, 0.2) is 24.3 Å². The lowest BCUT2D eigenvalue weighted by Gasteiger charge is -2.28. The van der Waals surface area contributed by atoms with Gasteiger partial charge in [-0.2, -0.15) is 11.8 Å². The number of thioether (sulfide) groups is 1. The van der Waals surface area contributed by atoms with Crippen LogP contribution in [-0.4, -0.2) is 24.6 Å². The summed E-state index contributed by atoms with van der Waals surface area (Å²) in [6, 6.07) is 8.84. The lowest BCUT2D eigenvalue weighted by atomic mass is 10.2. The van der Waals surface area contributed by atoms with E-state index in [1.54, 1.807) is 0 Å². The van der Waals surface area contributed by atoms with Gasteiger partial charge in [0.05, 0.1) is 0 Å². The smallest absolute Gasteiger partial charge is 0.0366 e. The van der Waals surface area contributed by atoms with Gasteiger partial charge in [0.25, 0.3) is 0 Å². The van der Waals surface area contributed by atoms with E-state index in [9.17, 15) is 0 Å². The third-order valence-electron chi connectivity index (χ3n) is 2.41. The Bertz CT molecular complexity index is 262. The highest BCUT2D eigenvalue weighted by Gasteiger charge is 2.09. The second-order valence-corrected chi connectivity index (χ2v) is 4.66. The molecule has 1 aromatic carbocycles. The summed E-state index contributed by atoms with van der Waals surface area (Å²) >= 11 is 2.05. The Kier molecular flexibility index (Phi) is 2.79. The first-order valence-electron chi connectivity index (χ1n) is 4.75. The molecule has 0 radical (unpaired) electrons. The fourth-order valence-corrected chi connectivity index (χ4v) is 2.48. The van der Waals surface area contributed by atoms with Gasteiger partial charge in [-0.3, -0.25) is 0 Å². The molecule has 1 fully saturated rings. The average molecular weight is 193 g/mol. The zero-order valence-corrected chi connectivity index (χ0v) is 8.81. The third kappa shape index (κ3) is 2.19. The van der Waals surface area contributed by atoms with Gasteiger partial charge in [-0.1, -0.05) is 17.7 Å². The Morgan fingerprint density at radius 2 is 1.69 bits per heavy atom. The normalized spacial score (nSPS) is 17.5. The number of aryl methyl sites for hydroxylation is 1. The summed E-state index contributed by atoms with van der Waals surface area (Å²) in [5.41, 5.74) is 2.72. The van der Waals surface area contributed by atoms with Gasteiger partial charge < -0.3 is 4.90 Å². The number of hydrogen-bond acceptors (Lipinski definition) is 2. The number of benzene rings is 1. The maximum atomic E-state index is 2.47. The number of nitrogens with zero attached hydrogens (tertiary/aromatic N) is 1. The lowest BCUT2D eigenvalue weighted by Crippen LogP contribution is -2.32. The van der Waals surface area contributed by atoms with E-state index in [2.05, 4.69) is 47.9 Å². The minimum atomic E-state index is 1.20. The van der Waals surface area contributed by atoms with Gasteiger partial charge in [0.1, 0.15) is 0 Å². The molecule has 13 heavy (non-hydrogen) atoms. The summed E-state index contributed by atoms with van der Waals surface area (Å²) in [6.07, 6.45) is 0. The van der Waals surface area contributed by atoms with Crippen LogP contribution >= 0.6 is 11.8 Å². The zero-order chi connectivity index (χ0) is 9.10. The molecule has 0 amide bonds. The molecule has 0 aromatic heterocycles. The van der Waals surface area contributed by atoms with Gasteiger partial charge in [-0.25, -0.2) is 0 Å². The minimum Gasteiger partial charge on any atom is -0.370 e. The van der Waals surface area contributed by atoms with Crippen molar-refractivity contribution in [3.8, 4) is 0 Å². The summed E-state index contributed by atoms with van der Waals surface area (Å²) < 4.78 is 0. The number of hydrogen-bond donors (Lipinski definition) is 0. The Balaban J connectivity index is 2.10. The molecule has 1 aliphatic heterocycles. The molecule has 1 aromatic rings. The Hall–Kier alpha value is -0.630. The van der Waals surface area contributed by atoms with E-state index in [1.165, 1.54) is 35.8 Å². The van der Waals surface area contributed by atoms with Gasteiger partial charge in [0.15, 0.2) is 0 Å². The second kappa shape index (κ2) is 4.05. The van der Waals surface area contributed by atoms with Crippen LogP contribution in [0.1, 0.15) is 5.56 Å². The van der Waals surface area contributed by atoms with Crippen molar-refractivity contribution < 1.29 is 0 Å². The molecule has 1 saturated heterocycles. The standard InChI is InChI=1S/C11H15NS/c1-10-2-4-11(5-3-10)12-6-8-13-9-7-12/h2-5H,6-9H2,1H3. The zero-order valence-electron chi connectivity index (χ0n) is 7.99. The molecule has 2 heteroatoms. The van der Waals surface area contributed by atoms with Gasteiger partial charge in [0.2, 0.25) is 0 Å². The van der Waals surface area contributed by atoms with E-state index in [1.807, 2.05) is 0 Å². The van der Waals surface area contributed by atoms with E-state index in [0.29, 0.717) is 0 Å². The van der Waals surface area contributed by atoms with Crippen molar-refractivity contribution in [1.82, 2.24) is 0 Å². The van der Waals surface area contributed by atoms with Crippen LogP contribution in [0.3, 0.4) is 0 Å². The van der Waals surface area contributed by atoms with Crippen molar-refractivity contribution in [2.45, 2.75) is 6.92 Å². The summed E-state index contributed by atoms with van der Waals surface area (Å²) in [5.74, 6) is 2.54. The van der Waals surface area contributed by atoms with Crippen molar-refractivity contribution in [2.24, 2.45) is 0 Å². The molecule has 0 spiro atoms. The van der Waals surface area contributed by atoms with Gasteiger partial charge in [-0.15, -0.1) is 0 Å². The molecule has 2 rings (SSSR count). The van der Waals surface area contributed by atoms with E-state index in [-0.39, 0.29) is 0 Å². The van der Waals surface area contributed by atoms with E-state index >= 15 is 0 Å². The number of rotatable bonds is 1. The second-order valence-electron chi connectivity index (χ2n) is 3.43. The predicted octanol–water partition coefficient (Wildman–Crippen LogP) is 2.55. The Morgan fingerprint density at radius 1 is 1.08 bits per heavy atom. The largest absolute Gasteiger partial charge is 0.370 e. The first kappa shape index (κ1) is 8.95. The van der Waals surface area contributed by atoms with Crippen molar-refractivity contribution >= 4 is 17.4 Å². The highest BCUT2D eigenvalue weighted by atomic mass is 32.2. The van der Waals surface area contributed by atoms with Crippen LogP contribution in [-0.2, 0) is 0 Å². The van der Waals surface area contributed by atoms with Crippen LogP contribution in [0.5, 0.6) is 0 Å². The quantitative estimate of drug-likeness (QED) is 0.674. The fourth-order valence-electron chi connectivity index (χ4n) is 1.58. The van der Waals surface area contributed by atoms with Gasteiger partial charge >= 0.3 is 0 Å². The van der Waals surface area contributed by atoms with E-state index in [0.717, 1.165) is 0 Å². The lowest BCUT2D eigenvalue weighted by molar-refractivity contribution is 0.858. The highest BCUT2D eigenvalue weighted by Crippen LogP contribution is 2.19. The molecular formula is C11H15NS. The Morgan fingerprint density at radius 3 is 2.31 bits per heavy atom. The van der Waals surface area contributed by atoms with Crippen molar-refractivity contribution in [2.75, 3.05) is 29.5 Å². The van der Waals surface area contributed by atoms with Gasteiger partial charge in [-0.05, 0) is 19.1 Å². The van der Waals surface area contributed by atoms with E-state index < -0.39 is 0 Å². The number of anilines is 1. The molecule has 70 valence electrons. The molecule has 1 nitrogen and oxygen atoms in total. The van der Waals surface area contributed by atoms with Gasteiger partial charge in [0, 0.05) is 30.3 Å². The van der Waals surface area contributed by atoms with Crippen LogP contribution in [0.25, 0.3) is 0 Å². The molecular weight excluding hydrogens is 178 g/mol. The van der Waals surface area contributed by atoms with Crippen LogP contribution in [0.2, 0.25) is 0 Å². The SMILES string of the molecule is Cc1ccc(N2CCSCC2)cc1. The minimum absolute atomic E-state index is 1.20. The molecule has 0 atom stereocenters. The highest BCUT2D eigenvalue weighted by molar-refractivity contribution is 7.99. The van der Waals surface area contributed by atoms with Crippen molar-refractivity contribution in [3.63, 3.8) is 0 Å². The summed E-state index contributed by atoms with van der Waals surface area (Å²) in [7, 11) is 0. The first-order chi connectivity index (χ1) is 6.36. The molecule has 1 aliphatic rings. The first-order valence-corrected chi connectivity index (χ1v) is 5.91. The molecule has 0 N–H and O–H groups in total. The van der Waals surface area contributed by atoms with Crippen LogP contribution in [0, 0.1) is 6.92 Å². The van der Waals surface area contributed by atoms with Crippen molar-refractivity contribution in [1.29, 1.82) is 0 Å². The Labute approximate surface area is 84.1 Å². The molecule has 0 bridgehead atoms. The average Bonchev–Trinajstić information content (AvgIpc) is 2.20.